The minimum absolute atomic E-state index is 0. The number of fused-ring (bicyclic) bond motifs is 2. The van der Waals surface area contributed by atoms with E-state index in [2.05, 4.69) is 36.1 Å². The molecule has 4 aliphatic rings. The fourth-order valence-corrected chi connectivity index (χ4v) is 6.33. The van der Waals surface area contributed by atoms with Gasteiger partial charge in [0.2, 0.25) is 5.91 Å². The Labute approximate surface area is 175 Å². The first-order valence-corrected chi connectivity index (χ1v) is 11.2. The second-order valence-electron chi connectivity index (χ2n) is 9.85. The highest BCUT2D eigenvalue weighted by Crippen LogP contribution is 2.47. The predicted molar refractivity (Wildman–Crippen MR) is 116 cm³/mol. The van der Waals surface area contributed by atoms with Crippen molar-refractivity contribution in [3.8, 4) is 0 Å². The van der Waals surface area contributed by atoms with Crippen molar-refractivity contribution in [3.63, 3.8) is 0 Å². The van der Waals surface area contributed by atoms with Crippen molar-refractivity contribution in [2.75, 3.05) is 0 Å². The largest absolute Gasteiger partial charge is 0.336 e. The van der Waals surface area contributed by atoms with Gasteiger partial charge in [0.25, 0.3) is 0 Å². The zero-order chi connectivity index (χ0) is 18.5. The number of carbonyl (C=O) groups excluding carboxylic acids is 1. The lowest BCUT2D eigenvalue weighted by Crippen LogP contribution is -2.54. The van der Waals surface area contributed by atoms with Crippen molar-refractivity contribution in [2.45, 2.75) is 88.8 Å². The summed E-state index contributed by atoms with van der Waals surface area (Å²) in [4.78, 5) is 15.9. The van der Waals surface area contributed by atoms with E-state index < -0.39 is 0 Å². The zero-order valence-corrected chi connectivity index (χ0v) is 17.9. The molecule has 0 saturated heterocycles. The van der Waals surface area contributed by atoms with Crippen LogP contribution in [-0.4, -0.2) is 28.9 Å². The van der Waals surface area contributed by atoms with Crippen LogP contribution in [0.5, 0.6) is 0 Å². The number of halogens is 1. The number of hydrogen-bond acceptors (Lipinski definition) is 2. The summed E-state index contributed by atoms with van der Waals surface area (Å²) in [5.41, 5.74) is 9.36. The number of carbonyl (C=O) groups is 1. The van der Waals surface area contributed by atoms with Gasteiger partial charge in [0.05, 0.1) is 0 Å². The summed E-state index contributed by atoms with van der Waals surface area (Å²) in [6.07, 6.45) is 10.6. The van der Waals surface area contributed by atoms with Crippen LogP contribution < -0.4 is 5.73 Å². The lowest BCUT2D eigenvalue weighted by Gasteiger charge is -2.48. The smallest absolute Gasteiger partial charge is 0.226 e. The number of nitrogens with zero attached hydrogens (tertiary/aromatic N) is 1. The van der Waals surface area contributed by atoms with Crippen molar-refractivity contribution in [1.29, 1.82) is 0 Å². The van der Waals surface area contributed by atoms with E-state index in [1.165, 1.54) is 43.2 Å². The molecule has 0 spiro atoms. The molecule has 0 heterocycles. The average molecular weight is 403 g/mol. The van der Waals surface area contributed by atoms with Gasteiger partial charge in [0.1, 0.15) is 0 Å². The van der Waals surface area contributed by atoms with Gasteiger partial charge in [0, 0.05) is 24.0 Å². The third-order valence-electron chi connectivity index (χ3n) is 8.09. The van der Waals surface area contributed by atoms with Crippen molar-refractivity contribution < 1.29 is 4.79 Å². The van der Waals surface area contributed by atoms with Crippen LogP contribution in [0.15, 0.2) is 24.3 Å². The lowest BCUT2D eigenvalue weighted by molar-refractivity contribution is -0.144. The third kappa shape index (κ3) is 3.61. The van der Waals surface area contributed by atoms with Crippen LogP contribution in [0.4, 0.5) is 0 Å². The Morgan fingerprint density at radius 1 is 0.964 bits per heavy atom. The van der Waals surface area contributed by atoms with Gasteiger partial charge < -0.3 is 10.6 Å². The summed E-state index contributed by atoms with van der Waals surface area (Å²) in [6.45, 7) is 2.22. The van der Waals surface area contributed by atoms with Crippen molar-refractivity contribution in [2.24, 2.45) is 23.5 Å². The predicted octanol–water partition coefficient (Wildman–Crippen LogP) is 4.81. The number of amides is 1. The van der Waals surface area contributed by atoms with Crippen LogP contribution in [-0.2, 0) is 4.79 Å². The summed E-state index contributed by atoms with van der Waals surface area (Å²) in [6, 6.07) is 10.1. The zero-order valence-electron chi connectivity index (χ0n) is 17.1. The molecule has 0 radical (unpaired) electrons. The van der Waals surface area contributed by atoms with Gasteiger partial charge in [0.15, 0.2) is 0 Å². The molecule has 0 aromatic heterocycles. The molecular weight excluding hydrogens is 368 g/mol. The fraction of sp³-hybridized carbons (Fsp3) is 0.708. The molecule has 2 N–H and O–H groups in total. The second-order valence-corrected chi connectivity index (χ2v) is 9.85. The monoisotopic (exact) mass is 402 g/mol. The summed E-state index contributed by atoms with van der Waals surface area (Å²) >= 11 is 0. The van der Waals surface area contributed by atoms with E-state index in [1.54, 1.807) is 0 Å². The quantitative estimate of drug-likeness (QED) is 0.785. The first-order chi connectivity index (χ1) is 13.1. The molecule has 4 fully saturated rings. The normalized spacial score (nSPS) is 36.8. The fourth-order valence-electron chi connectivity index (χ4n) is 6.33. The van der Waals surface area contributed by atoms with Gasteiger partial charge >= 0.3 is 0 Å². The molecule has 1 aromatic carbocycles. The molecule has 4 heteroatoms. The minimum Gasteiger partial charge on any atom is -0.336 e. The lowest BCUT2D eigenvalue weighted by atomic mass is 9.64. The van der Waals surface area contributed by atoms with Gasteiger partial charge in [-0.05, 0) is 87.2 Å². The molecule has 3 nitrogen and oxygen atoms in total. The molecule has 0 aliphatic heterocycles. The Morgan fingerprint density at radius 3 is 2.21 bits per heavy atom. The van der Waals surface area contributed by atoms with E-state index >= 15 is 0 Å². The van der Waals surface area contributed by atoms with Gasteiger partial charge in [-0.25, -0.2) is 0 Å². The van der Waals surface area contributed by atoms with E-state index in [1.807, 2.05) is 0 Å². The Kier molecular flexibility index (Phi) is 5.77. The summed E-state index contributed by atoms with van der Waals surface area (Å²) < 4.78 is 0. The molecule has 1 aromatic rings. The molecule has 2 atom stereocenters. The van der Waals surface area contributed by atoms with Gasteiger partial charge in [-0.3, -0.25) is 4.79 Å². The molecular formula is C24H35ClN2O. The number of rotatable bonds is 4. The molecule has 4 saturated carbocycles. The van der Waals surface area contributed by atoms with E-state index in [4.69, 9.17) is 5.73 Å². The van der Waals surface area contributed by atoms with Gasteiger partial charge in [-0.15, -0.1) is 12.4 Å². The van der Waals surface area contributed by atoms with Gasteiger partial charge in [-0.1, -0.05) is 30.7 Å². The van der Waals surface area contributed by atoms with E-state index in [-0.39, 0.29) is 18.3 Å². The second kappa shape index (κ2) is 7.99. The highest BCUT2D eigenvalue weighted by atomic mass is 35.5. The number of aryl methyl sites for hydroxylation is 1. The summed E-state index contributed by atoms with van der Waals surface area (Å²) in [5, 5.41) is 0. The number of nitrogens with two attached hydrogens (primary N) is 1. The Morgan fingerprint density at radius 2 is 1.61 bits per heavy atom. The highest BCUT2D eigenvalue weighted by molar-refractivity contribution is 5.85. The first-order valence-electron chi connectivity index (χ1n) is 11.2. The van der Waals surface area contributed by atoms with E-state index in [9.17, 15) is 4.79 Å². The molecule has 154 valence electrons. The number of hydrogen-bond donors (Lipinski definition) is 1. The molecule has 2 unspecified atom stereocenters. The SMILES string of the molecule is Cc1ccccc1C1CC(N(C(=O)C2CC3CCCC(C2)C3N)C2CC2)C1.Cl. The van der Waals surface area contributed by atoms with Crippen molar-refractivity contribution >= 4 is 18.3 Å². The van der Waals surface area contributed by atoms with E-state index in [0.29, 0.717) is 41.8 Å². The highest BCUT2D eigenvalue weighted by Gasteiger charge is 2.48. The van der Waals surface area contributed by atoms with Crippen molar-refractivity contribution in [1.82, 2.24) is 4.90 Å². The maximum atomic E-state index is 13.5. The standard InChI is InChI=1S/C24H34N2O.ClH/c1-15-5-2-3-8-22(15)18-13-21(14-18)26(20-9-10-20)24(27)19-11-16-6-4-7-17(12-19)23(16)25;/h2-3,5,8,16-21,23H,4,6-7,9-14,25H2,1H3;1H. The molecule has 1 amide bonds. The Hall–Kier alpha value is -1.06. The molecule has 2 bridgehead atoms. The van der Waals surface area contributed by atoms with Crippen LogP contribution in [0.25, 0.3) is 0 Å². The first kappa shape index (κ1) is 20.2. The molecule has 4 aliphatic carbocycles. The third-order valence-corrected chi connectivity index (χ3v) is 8.09. The summed E-state index contributed by atoms with van der Waals surface area (Å²) in [5.74, 6) is 2.55. The topological polar surface area (TPSA) is 46.3 Å². The van der Waals surface area contributed by atoms with Crippen LogP contribution in [0.3, 0.4) is 0 Å². The van der Waals surface area contributed by atoms with Crippen LogP contribution >= 0.6 is 12.4 Å². The minimum atomic E-state index is 0. The molecule has 28 heavy (non-hydrogen) atoms. The number of benzene rings is 1. The maximum absolute atomic E-state index is 13.5. The summed E-state index contributed by atoms with van der Waals surface area (Å²) in [7, 11) is 0. The van der Waals surface area contributed by atoms with Crippen LogP contribution in [0, 0.1) is 24.7 Å². The Bertz CT molecular complexity index is 698. The Balaban J connectivity index is 0.00000192. The van der Waals surface area contributed by atoms with Gasteiger partial charge in [-0.2, -0.15) is 0 Å². The van der Waals surface area contributed by atoms with Crippen LogP contribution in [0.1, 0.15) is 74.8 Å². The van der Waals surface area contributed by atoms with Crippen molar-refractivity contribution in [3.05, 3.63) is 35.4 Å². The average Bonchev–Trinajstić information content (AvgIpc) is 3.43. The molecule has 5 rings (SSSR count). The maximum Gasteiger partial charge on any atom is 0.226 e. The van der Waals surface area contributed by atoms with Crippen LogP contribution in [0.2, 0.25) is 0 Å². The van der Waals surface area contributed by atoms with E-state index in [0.717, 1.165) is 25.7 Å².